The molecule has 176 valence electrons. The lowest BCUT2D eigenvalue weighted by atomic mass is 10.0. The summed E-state index contributed by atoms with van der Waals surface area (Å²) in [7, 11) is 0. The lowest BCUT2D eigenvalue weighted by molar-refractivity contribution is -0.133. The van der Waals surface area contributed by atoms with Crippen molar-refractivity contribution < 1.29 is 23.5 Å². The van der Waals surface area contributed by atoms with E-state index in [1.165, 1.54) is 12.1 Å². The maximum atomic E-state index is 15.0. The van der Waals surface area contributed by atoms with Crippen LogP contribution in [-0.4, -0.2) is 55.0 Å². The number of imide groups is 1. The van der Waals surface area contributed by atoms with E-state index in [1.54, 1.807) is 9.80 Å². The van der Waals surface area contributed by atoms with E-state index >= 15 is 0 Å². The summed E-state index contributed by atoms with van der Waals surface area (Å²) in [5, 5.41) is 14.7. The summed E-state index contributed by atoms with van der Waals surface area (Å²) in [5.41, 5.74) is 1.53. The summed E-state index contributed by atoms with van der Waals surface area (Å²) in [6.45, 7) is 1.64. The number of piperazine rings is 1. The Hall–Kier alpha value is -4.13. The number of anilines is 2. The van der Waals surface area contributed by atoms with Gasteiger partial charge in [0.25, 0.3) is 0 Å². The third-order valence-corrected chi connectivity index (χ3v) is 5.86. The molecule has 2 fully saturated rings. The van der Waals surface area contributed by atoms with Crippen LogP contribution in [0.1, 0.15) is 24.0 Å². The SMILES string of the molecule is N#Cc1cc(N2CCN(C(=O)OCc3ccccc3)CC2)c(F)cc1NC1CCC(=O)NC1=O. The molecule has 1 unspecified atom stereocenters. The van der Waals surface area contributed by atoms with Crippen molar-refractivity contribution in [3.63, 3.8) is 0 Å². The molecule has 1 atom stereocenters. The highest BCUT2D eigenvalue weighted by Gasteiger charge is 2.28. The summed E-state index contributed by atoms with van der Waals surface area (Å²) in [4.78, 5) is 39.0. The third kappa shape index (κ3) is 5.26. The molecule has 2 aliphatic heterocycles. The van der Waals surface area contributed by atoms with Gasteiger partial charge in [0.05, 0.1) is 16.9 Å². The molecule has 10 heteroatoms. The van der Waals surface area contributed by atoms with Crippen LogP contribution < -0.4 is 15.5 Å². The van der Waals surface area contributed by atoms with Gasteiger partial charge in [-0.2, -0.15) is 5.26 Å². The van der Waals surface area contributed by atoms with E-state index in [9.17, 15) is 24.0 Å². The molecule has 9 nitrogen and oxygen atoms in total. The van der Waals surface area contributed by atoms with E-state index in [0.717, 1.165) is 5.56 Å². The number of halogens is 1. The maximum absolute atomic E-state index is 15.0. The molecule has 2 heterocycles. The van der Waals surface area contributed by atoms with Crippen LogP contribution >= 0.6 is 0 Å². The standard InChI is InChI=1S/C24H24FN5O4/c25-18-13-20(27-19-6-7-22(31)28-23(19)32)17(14-26)12-21(18)29-8-10-30(11-9-29)24(33)34-15-16-4-2-1-3-5-16/h1-5,12-13,19,27H,6-11,15H2,(H,28,31,32). The zero-order valence-electron chi connectivity index (χ0n) is 18.4. The largest absolute Gasteiger partial charge is 0.445 e. The number of hydrogen-bond acceptors (Lipinski definition) is 7. The fourth-order valence-corrected chi connectivity index (χ4v) is 3.98. The van der Waals surface area contributed by atoms with Gasteiger partial charge in [-0.05, 0) is 18.1 Å². The number of carbonyl (C=O) groups excluding carboxylic acids is 3. The summed E-state index contributed by atoms with van der Waals surface area (Å²) in [6, 6.07) is 13.3. The Bertz CT molecular complexity index is 1130. The van der Waals surface area contributed by atoms with Gasteiger partial charge in [0.2, 0.25) is 11.8 Å². The van der Waals surface area contributed by atoms with Crippen molar-refractivity contribution in [2.24, 2.45) is 0 Å². The molecule has 0 radical (unpaired) electrons. The van der Waals surface area contributed by atoms with Gasteiger partial charge in [0.1, 0.15) is 24.5 Å². The van der Waals surface area contributed by atoms with Crippen molar-refractivity contribution in [1.29, 1.82) is 5.26 Å². The fourth-order valence-electron chi connectivity index (χ4n) is 3.98. The van der Waals surface area contributed by atoms with Crippen molar-refractivity contribution in [1.82, 2.24) is 10.2 Å². The second-order valence-electron chi connectivity index (χ2n) is 8.12. The number of nitriles is 1. The molecule has 2 aromatic rings. The summed E-state index contributed by atoms with van der Waals surface area (Å²) in [5.74, 6) is -1.40. The highest BCUT2D eigenvalue weighted by Crippen LogP contribution is 2.29. The number of benzene rings is 2. The minimum Gasteiger partial charge on any atom is -0.445 e. The molecule has 3 amide bonds. The number of amides is 3. The van der Waals surface area contributed by atoms with E-state index in [1.807, 2.05) is 36.4 Å². The Morgan fingerprint density at radius 1 is 1.18 bits per heavy atom. The Balaban J connectivity index is 1.37. The van der Waals surface area contributed by atoms with Gasteiger partial charge in [0.15, 0.2) is 0 Å². The molecule has 0 aliphatic carbocycles. The zero-order valence-corrected chi connectivity index (χ0v) is 18.4. The van der Waals surface area contributed by atoms with E-state index in [2.05, 4.69) is 10.6 Å². The average molecular weight is 465 g/mol. The minimum absolute atomic E-state index is 0.171. The van der Waals surface area contributed by atoms with Crippen molar-refractivity contribution in [2.45, 2.75) is 25.5 Å². The van der Waals surface area contributed by atoms with Gasteiger partial charge >= 0.3 is 6.09 Å². The van der Waals surface area contributed by atoms with Crippen LogP contribution in [0.15, 0.2) is 42.5 Å². The normalized spacial score (nSPS) is 18.2. The maximum Gasteiger partial charge on any atom is 0.410 e. The molecule has 0 bridgehead atoms. The third-order valence-electron chi connectivity index (χ3n) is 5.86. The zero-order chi connectivity index (χ0) is 24.1. The highest BCUT2D eigenvalue weighted by atomic mass is 19.1. The lowest BCUT2D eigenvalue weighted by Crippen LogP contribution is -2.49. The number of rotatable bonds is 5. The van der Waals surface area contributed by atoms with Gasteiger partial charge in [-0.25, -0.2) is 9.18 Å². The van der Waals surface area contributed by atoms with Crippen LogP contribution in [-0.2, 0) is 20.9 Å². The summed E-state index contributed by atoms with van der Waals surface area (Å²) >= 11 is 0. The van der Waals surface area contributed by atoms with Gasteiger partial charge in [0, 0.05) is 38.7 Å². The first-order chi connectivity index (χ1) is 16.4. The molecule has 4 rings (SSSR count). The Morgan fingerprint density at radius 2 is 1.91 bits per heavy atom. The van der Waals surface area contributed by atoms with E-state index < -0.39 is 23.9 Å². The highest BCUT2D eigenvalue weighted by molar-refractivity contribution is 6.01. The first kappa shape index (κ1) is 23.0. The van der Waals surface area contributed by atoms with Crippen LogP contribution in [0, 0.1) is 17.1 Å². The van der Waals surface area contributed by atoms with Gasteiger partial charge in [-0.1, -0.05) is 30.3 Å². The van der Waals surface area contributed by atoms with Crippen LogP contribution in [0.5, 0.6) is 0 Å². The van der Waals surface area contributed by atoms with Gasteiger partial charge in [-0.15, -0.1) is 0 Å². The Labute approximate surface area is 196 Å². The van der Waals surface area contributed by atoms with E-state index in [4.69, 9.17) is 4.74 Å². The quantitative estimate of drug-likeness (QED) is 0.652. The number of nitrogens with zero attached hydrogens (tertiary/aromatic N) is 3. The number of ether oxygens (including phenoxy) is 1. The van der Waals surface area contributed by atoms with Crippen molar-refractivity contribution in [3.8, 4) is 6.07 Å². The first-order valence-electron chi connectivity index (χ1n) is 11.0. The predicted octanol–water partition coefficient (Wildman–Crippen LogP) is 2.37. The average Bonchev–Trinajstić information content (AvgIpc) is 2.85. The topological polar surface area (TPSA) is 115 Å². The lowest BCUT2D eigenvalue weighted by Gasteiger charge is -2.35. The number of carbonyl (C=O) groups is 3. The smallest absolute Gasteiger partial charge is 0.410 e. The number of nitrogens with one attached hydrogen (secondary N) is 2. The van der Waals surface area contributed by atoms with E-state index in [0.29, 0.717) is 26.2 Å². The summed E-state index contributed by atoms with van der Waals surface area (Å²) < 4.78 is 20.3. The second-order valence-corrected chi connectivity index (χ2v) is 8.12. The summed E-state index contributed by atoms with van der Waals surface area (Å²) in [6.07, 6.45) is 0.0102. The van der Waals surface area contributed by atoms with Gasteiger partial charge in [-0.3, -0.25) is 14.9 Å². The molecular weight excluding hydrogens is 441 g/mol. The second kappa shape index (κ2) is 10.2. The molecule has 0 aromatic heterocycles. The molecular formula is C24H24FN5O4. The van der Waals surface area contributed by atoms with Crippen molar-refractivity contribution >= 4 is 29.3 Å². The fraction of sp³-hybridized carbons (Fsp3) is 0.333. The van der Waals surface area contributed by atoms with Crippen LogP contribution in [0.3, 0.4) is 0 Å². The molecule has 2 saturated heterocycles. The molecule has 2 N–H and O–H groups in total. The van der Waals surface area contributed by atoms with Crippen LogP contribution in [0.2, 0.25) is 0 Å². The van der Waals surface area contributed by atoms with E-state index in [-0.39, 0.29) is 42.3 Å². The molecule has 0 saturated carbocycles. The van der Waals surface area contributed by atoms with Crippen LogP contribution in [0.25, 0.3) is 0 Å². The molecule has 0 spiro atoms. The van der Waals surface area contributed by atoms with Gasteiger partial charge < -0.3 is 19.9 Å². The Morgan fingerprint density at radius 3 is 2.59 bits per heavy atom. The number of piperidine rings is 1. The predicted molar refractivity (Wildman–Crippen MR) is 121 cm³/mol. The molecule has 2 aromatic carbocycles. The van der Waals surface area contributed by atoms with Crippen LogP contribution in [0.4, 0.5) is 20.6 Å². The minimum atomic E-state index is -0.722. The molecule has 2 aliphatic rings. The monoisotopic (exact) mass is 465 g/mol. The first-order valence-corrected chi connectivity index (χ1v) is 11.0. The Kier molecular flexibility index (Phi) is 6.92. The van der Waals surface area contributed by atoms with Crippen molar-refractivity contribution in [2.75, 3.05) is 36.4 Å². The van der Waals surface area contributed by atoms with Crippen molar-refractivity contribution in [3.05, 3.63) is 59.4 Å². The molecule has 34 heavy (non-hydrogen) atoms. The number of hydrogen-bond donors (Lipinski definition) is 2.